The molecule has 20 heavy (non-hydrogen) atoms. The largest absolute Gasteiger partial charge is 0.468 e. The van der Waals surface area contributed by atoms with Crippen LogP contribution in [0.25, 0.3) is 6.08 Å². The Morgan fingerprint density at radius 3 is 2.60 bits per heavy atom. The van der Waals surface area contributed by atoms with Crippen molar-refractivity contribution in [2.75, 3.05) is 7.11 Å². The lowest BCUT2D eigenvalue weighted by Crippen LogP contribution is -2.28. The maximum atomic E-state index is 11.6. The maximum Gasteiger partial charge on any atom is 0.324 e. The number of carbonyl (C=O) groups is 1. The number of carbonyl (C=O) groups excluding carboxylic acids is 1. The van der Waals surface area contributed by atoms with Crippen LogP contribution in [0.2, 0.25) is 0 Å². The van der Waals surface area contributed by atoms with Crippen molar-refractivity contribution >= 4 is 28.0 Å². The third-order valence-electron chi connectivity index (χ3n) is 2.25. The monoisotopic (exact) mass is 348 g/mol. The normalized spacial score (nSPS) is 13.9. The first-order chi connectivity index (χ1) is 9.36. The molecule has 0 saturated heterocycles. The van der Waals surface area contributed by atoms with Crippen LogP contribution >= 0.6 is 15.9 Å². The summed E-state index contributed by atoms with van der Waals surface area (Å²) in [6.07, 6.45) is 1.71. The summed E-state index contributed by atoms with van der Waals surface area (Å²) in [5, 5.41) is 20.9. The van der Waals surface area contributed by atoms with Crippen molar-refractivity contribution in [3.63, 3.8) is 0 Å². The summed E-state index contributed by atoms with van der Waals surface area (Å²) in [7, 11) is 1.09. The van der Waals surface area contributed by atoms with Gasteiger partial charge in [0.2, 0.25) is 6.20 Å². The van der Waals surface area contributed by atoms with Crippen LogP contribution in [0.4, 0.5) is 0 Å². The highest BCUT2D eigenvalue weighted by Gasteiger charge is 2.39. The van der Waals surface area contributed by atoms with Gasteiger partial charge in [0.1, 0.15) is 11.5 Å². The van der Waals surface area contributed by atoms with Gasteiger partial charge in [0.25, 0.3) is 4.95 Å². The van der Waals surface area contributed by atoms with Crippen molar-refractivity contribution < 1.29 is 23.8 Å². The third-order valence-corrected chi connectivity index (χ3v) is 3.11. The third kappa shape index (κ3) is 3.88. The van der Waals surface area contributed by atoms with E-state index in [1.807, 2.05) is 0 Å². The number of hydrogen-bond acceptors (Lipinski definition) is 7. The lowest BCUT2D eigenvalue weighted by molar-refractivity contribution is -0.495. The fourth-order valence-electron chi connectivity index (χ4n) is 1.37. The molecular formula is C10H9BrN2O7. The van der Waals surface area contributed by atoms with E-state index in [-0.39, 0.29) is 11.5 Å². The molecule has 0 aromatic carbocycles. The Morgan fingerprint density at radius 2 is 2.10 bits per heavy atom. The highest BCUT2D eigenvalue weighted by Crippen LogP contribution is 2.29. The summed E-state index contributed by atoms with van der Waals surface area (Å²) in [4.78, 5) is 29.7. The van der Waals surface area contributed by atoms with E-state index >= 15 is 0 Å². The van der Waals surface area contributed by atoms with Crippen LogP contribution in [0.1, 0.15) is 17.4 Å². The van der Waals surface area contributed by atoms with Crippen LogP contribution in [0.5, 0.6) is 0 Å². The minimum Gasteiger partial charge on any atom is -0.468 e. The molecule has 0 aliphatic rings. The first-order valence-corrected chi connectivity index (χ1v) is 6.05. The lowest BCUT2D eigenvalue weighted by Gasteiger charge is -2.12. The molecule has 10 heteroatoms. The summed E-state index contributed by atoms with van der Waals surface area (Å²) in [6, 6.07) is 2.67. The molecule has 0 spiro atoms. The van der Waals surface area contributed by atoms with E-state index in [0.29, 0.717) is 6.20 Å². The number of nitro groups is 2. The van der Waals surface area contributed by atoms with Crippen LogP contribution < -0.4 is 0 Å². The molecule has 2 unspecified atom stereocenters. The van der Waals surface area contributed by atoms with Gasteiger partial charge in [0, 0.05) is 4.92 Å². The van der Waals surface area contributed by atoms with Crippen LogP contribution in [-0.2, 0) is 9.53 Å². The van der Waals surface area contributed by atoms with Gasteiger partial charge in [-0.05, 0) is 28.1 Å². The number of nitrogens with zero attached hydrogens (tertiary/aromatic N) is 2. The predicted molar refractivity (Wildman–Crippen MR) is 69.2 cm³/mol. The highest BCUT2D eigenvalue weighted by atomic mass is 79.9. The van der Waals surface area contributed by atoms with Crippen LogP contribution in [0.3, 0.4) is 0 Å². The number of methoxy groups -OCH3 is 1. The van der Waals surface area contributed by atoms with Gasteiger partial charge >= 0.3 is 5.97 Å². The number of alkyl halides is 1. The predicted octanol–water partition coefficient (Wildman–Crippen LogP) is 1.78. The SMILES string of the molecule is COC(=O)C(c1ccc(/C=C/[N+](=O)[O-])o1)C(Br)[N+](=O)[O-]. The van der Waals surface area contributed by atoms with Crippen molar-refractivity contribution in [1.29, 1.82) is 0 Å². The van der Waals surface area contributed by atoms with Gasteiger partial charge in [-0.2, -0.15) is 0 Å². The summed E-state index contributed by atoms with van der Waals surface area (Å²) < 4.78 is 9.65. The Morgan fingerprint density at radius 1 is 1.45 bits per heavy atom. The standard InChI is InChI=1S/C10H9BrN2O7/c1-19-10(14)8(9(11)13(17)18)7-3-2-6(20-7)4-5-12(15)16/h2-5,8-9H,1H3/b5-4+. The number of esters is 1. The summed E-state index contributed by atoms with van der Waals surface area (Å²) in [5.41, 5.74) is 0. The van der Waals surface area contributed by atoms with Gasteiger partial charge in [0.15, 0.2) is 5.92 Å². The van der Waals surface area contributed by atoms with Gasteiger partial charge in [0.05, 0.1) is 18.1 Å². The van der Waals surface area contributed by atoms with Gasteiger partial charge in [-0.1, -0.05) is 0 Å². The second kappa shape index (κ2) is 6.80. The number of halogens is 1. The zero-order valence-electron chi connectivity index (χ0n) is 10.1. The van der Waals surface area contributed by atoms with E-state index in [0.717, 1.165) is 13.2 Å². The van der Waals surface area contributed by atoms with Crippen molar-refractivity contribution in [2.24, 2.45) is 0 Å². The van der Waals surface area contributed by atoms with Gasteiger partial charge in [-0.25, -0.2) is 0 Å². The Kier molecular flexibility index (Phi) is 5.38. The van der Waals surface area contributed by atoms with E-state index in [1.54, 1.807) is 0 Å². The average molecular weight is 349 g/mol. The Balaban J connectivity index is 3.06. The number of ether oxygens (including phenoxy) is 1. The van der Waals surface area contributed by atoms with Crippen molar-refractivity contribution in [3.05, 3.63) is 50.1 Å². The summed E-state index contributed by atoms with van der Waals surface area (Å²) in [5.74, 6) is -2.09. The molecule has 9 nitrogen and oxygen atoms in total. The zero-order chi connectivity index (χ0) is 15.3. The Bertz CT molecular complexity index is 554. The number of rotatable bonds is 6. The summed E-state index contributed by atoms with van der Waals surface area (Å²) >= 11 is 2.77. The van der Waals surface area contributed by atoms with Crippen molar-refractivity contribution in [2.45, 2.75) is 10.9 Å². The Labute approximate surface area is 120 Å². The van der Waals surface area contributed by atoms with E-state index in [1.165, 1.54) is 12.1 Å². The molecule has 0 amide bonds. The number of furan rings is 1. The first kappa shape index (κ1) is 15.8. The van der Waals surface area contributed by atoms with E-state index < -0.39 is 26.7 Å². The van der Waals surface area contributed by atoms with Crippen LogP contribution in [0.15, 0.2) is 22.7 Å². The fourth-order valence-corrected chi connectivity index (χ4v) is 1.85. The second-order valence-electron chi connectivity index (χ2n) is 3.50. The molecule has 0 saturated carbocycles. The van der Waals surface area contributed by atoms with Crippen LogP contribution in [-0.4, -0.2) is 27.9 Å². The maximum absolute atomic E-state index is 11.6. The second-order valence-corrected chi connectivity index (χ2v) is 4.44. The lowest BCUT2D eigenvalue weighted by atomic mass is 10.1. The van der Waals surface area contributed by atoms with Crippen molar-refractivity contribution in [1.82, 2.24) is 0 Å². The van der Waals surface area contributed by atoms with Crippen molar-refractivity contribution in [3.8, 4) is 0 Å². The molecular weight excluding hydrogens is 340 g/mol. The quantitative estimate of drug-likeness (QED) is 0.252. The smallest absolute Gasteiger partial charge is 0.324 e. The zero-order valence-corrected chi connectivity index (χ0v) is 11.7. The molecule has 0 aliphatic heterocycles. The Hall–Kier alpha value is -2.23. The van der Waals surface area contributed by atoms with Crippen LogP contribution in [0, 0.1) is 20.2 Å². The van der Waals surface area contributed by atoms with E-state index in [2.05, 4.69) is 20.7 Å². The fraction of sp³-hybridized carbons (Fsp3) is 0.300. The molecule has 1 heterocycles. The first-order valence-electron chi connectivity index (χ1n) is 5.13. The van der Waals surface area contributed by atoms with Gasteiger partial charge in [-0.15, -0.1) is 0 Å². The van der Waals surface area contributed by atoms with Gasteiger partial charge in [-0.3, -0.25) is 25.0 Å². The molecule has 1 aromatic heterocycles. The highest BCUT2D eigenvalue weighted by molar-refractivity contribution is 9.09. The van der Waals surface area contributed by atoms with Gasteiger partial charge < -0.3 is 9.15 Å². The molecule has 0 aliphatic carbocycles. The average Bonchev–Trinajstić information content (AvgIpc) is 2.84. The molecule has 0 radical (unpaired) electrons. The topological polar surface area (TPSA) is 126 Å². The molecule has 0 N–H and O–H groups in total. The minimum atomic E-state index is -1.44. The number of hydrogen-bond donors (Lipinski definition) is 0. The van der Waals surface area contributed by atoms with E-state index in [4.69, 9.17) is 4.42 Å². The molecule has 0 fully saturated rings. The minimum absolute atomic E-state index is 0.0292. The molecule has 1 aromatic rings. The molecule has 1 rings (SSSR count). The molecule has 2 atom stereocenters. The molecule has 108 valence electrons. The van der Waals surface area contributed by atoms with E-state index in [9.17, 15) is 25.0 Å². The molecule has 0 bridgehead atoms. The summed E-state index contributed by atoms with van der Waals surface area (Å²) in [6.45, 7) is 0.